The lowest BCUT2D eigenvalue weighted by atomic mass is 10.1. The summed E-state index contributed by atoms with van der Waals surface area (Å²) in [6.45, 7) is 0.367. The van der Waals surface area contributed by atoms with E-state index < -0.39 is 0 Å². The van der Waals surface area contributed by atoms with E-state index in [1.807, 2.05) is 42.5 Å². The molecule has 2 aromatic rings. The fraction of sp³-hybridized carbons (Fsp3) is 0.250. The largest absolute Gasteiger partial charge is 0.497 e. The highest BCUT2D eigenvalue weighted by Crippen LogP contribution is 2.32. The lowest BCUT2D eigenvalue weighted by molar-refractivity contribution is 0.212. The van der Waals surface area contributed by atoms with Crippen molar-refractivity contribution in [3.63, 3.8) is 0 Å². The Kier molecular flexibility index (Phi) is 5.47. The molecule has 0 amide bonds. The molecule has 1 atom stereocenters. The van der Waals surface area contributed by atoms with Crippen LogP contribution in [0.5, 0.6) is 17.2 Å². The number of rotatable bonds is 6. The number of hydrogen-bond acceptors (Lipinski definition) is 4. The van der Waals surface area contributed by atoms with Gasteiger partial charge in [-0.25, -0.2) is 0 Å². The van der Waals surface area contributed by atoms with Crippen molar-refractivity contribution in [2.24, 2.45) is 5.73 Å². The molecule has 0 aliphatic rings. The van der Waals surface area contributed by atoms with E-state index in [1.54, 1.807) is 14.2 Å². The summed E-state index contributed by atoms with van der Waals surface area (Å²) in [6.07, 6.45) is -0.246. The van der Waals surface area contributed by atoms with Crippen LogP contribution in [0.4, 0.5) is 0 Å². The Hall–Kier alpha value is -1.72. The summed E-state index contributed by atoms with van der Waals surface area (Å²) in [5.74, 6) is 2.26. The molecule has 2 rings (SSSR count). The Morgan fingerprint density at radius 1 is 1.05 bits per heavy atom. The first kappa shape index (κ1) is 15.7. The van der Waals surface area contributed by atoms with Gasteiger partial charge in [-0.1, -0.05) is 12.1 Å². The van der Waals surface area contributed by atoms with E-state index in [2.05, 4.69) is 15.9 Å². The molecule has 21 heavy (non-hydrogen) atoms. The summed E-state index contributed by atoms with van der Waals surface area (Å²) >= 11 is 3.48. The van der Waals surface area contributed by atoms with Crippen molar-refractivity contribution in [2.75, 3.05) is 20.8 Å². The molecule has 0 fully saturated rings. The predicted octanol–water partition coefficient (Wildman–Crippen LogP) is 3.55. The Labute approximate surface area is 132 Å². The molecule has 5 heteroatoms. The Morgan fingerprint density at radius 2 is 1.76 bits per heavy atom. The van der Waals surface area contributed by atoms with Crippen molar-refractivity contribution in [1.82, 2.24) is 0 Å². The normalized spacial score (nSPS) is 11.8. The van der Waals surface area contributed by atoms with Crippen LogP contribution in [0.15, 0.2) is 46.9 Å². The Bertz CT molecular complexity index is 604. The van der Waals surface area contributed by atoms with Crippen LogP contribution >= 0.6 is 15.9 Å². The quantitative estimate of drug-likeness (QED) is 0.864. The zero-order valence-corrected chi connectivity index (χ0v) is 13.6. The van der Waals surface area contributed by atoms with E-state index in [1.165, 1.54) is 0 Å². The molecule has 0 aromatic heterocycles. The zero-order chi connectivity index (χ0) is 15.2. The summed E-state index contributed by atoms with van der Waals surface area (Å²) < 4.78 is 17.2. The van der Waals surface area contributed by atoms with Gasteiger partial charge in [0.25, 0.3) is 0 Å². The van der Waals surface area contributed by atoms with Gasteiger partial charge in [-0.15, -0.1) is 0 Å². The second-order valence-corrected chi connectivity index (χ2v) is 5.27. The van der Waals surface area contributed by atoms with Gasteiger partial charge < -0.3 is 19.9 Å². The van der Waals surface area contributed by atoms with Crippen LogP contribution in [0.2, 0.25) is 0 Å². The minimum absolute atomic E-state index is 0.246. The third-order valence-electron chi connectivity index (χ3n) is 3.09. The molecule has 0 saturated carbocycles. The summed E-state index contributed by atoms with van der Waals surface area (Å²) in [6, 6.07) is 13.3. The topological polar surface area (TPSA) is 53.7 Å². The summed E-state index contributed by atoms with van der Waals surface area (Å²) in [5.41, 5.74) is 6.82. The smallest absolute Gasteiger partial charge is 0.136 e. The van der Waals surface area contributed by atoms with E-state index in [0.29, 0.717) is 12.3 Å². The molecule has 4 nitrogen and oxygen atoms in total. The van der Waals surface area contributed by atoms with Gasteiger partial charge >= 0.3 is 0 Å². The van der Waals surface area contributed by atoms with Gasteiger partial charge in [-0.05, 0) is 51.8 Å². The maximum absolute atomic E-state index is 6.00. The molecule has 1 unspecified atom stereocenters. The van der Waals surface area contributed by atoms with Crippen molar-refractivity contribution in [3.8, 4) is 17.2 Å². The van der Waals surface area contributed by atoms with Crippen LogP contribution < -0.4 is 19.9 Å². The second kappa shape index (κ2) is 7.33. The minimum atomic E-state index is -0.246. The second-order valence-electron chi connectivity index (χ2n) is 4.42. The average molecular weight is 352 g/mol. The number of hydrogen-bond donors (Lipinski definition) is 1. The summed E-state index contributed by atoms with van der Waals surface area (Å²) in [7, 11) is 3.26. The third-order valence-corrected chi connectivity index (χ3v) is 3.71. The van der Waals surface area contributed by atoms with Crippen LogP contribution in [0, 0.1) is 0 Å². The molecule has 0 bridgehead atoms. The highest BCUT2D eigenvalue weighted by Gasteiger charge is 2.14. The first-order valence-corrected chi connectivity index (χ1v) is 7.31. The highest BCUT2D eigenvalue weighted by atomic mass is 79.9. The van der Waals surface area contributed by atoms with Crippen LogP contribution in [0.3, 0.4) is 0 Å². The van der Waals surface area contributed by atoms with Crippen LogP contribution in [0.25, 0.3) is 0 Å². The molecule has 0 aliphatic carbocycles. The monoisotopic (exact) mass is 351 g/mol. The average Bonchev–Trinajstić information content (AvgIpc) is 2.53. The molecule has 0 heterocycles. The third kappa shape index (κ3) is 3.89. The first-order chi connectivity index (χ1) is 10.2. The number of ether oxygens (including phenoxy) is 3. The maximum Gasteiger partial charge on any atom is 0.136 e. The van der Waals surface area contributed by atoms with Gasteiger partial charge in [0.2, 0.25) is 0 Å². The van der Waals surface area contributed by atoms with Crippen LogP contribution in [-0.4, -0.2) is 20.8 Å². The SMILES string of the molecule is COc1cccc(C(CN)Oc2ccc(OC)cc2Br)c1. The Balaban J connectivity index is 2.22. The lowest BCUT2D eigenvalue weighted by Gasteiger charge is -2.19. The van der Waals surface area contributed by atoms with E-state index in [0.717, 1.165) is 21.5 Å². The van der Waals surface area contributed by atoms with Crippen molar-refractivity contribution in [3.05, 3.63) is 52.5 Å². The number of benzene rings is 2. The van der Waals surface area contributed by atoms with Crippen molar-refractivity contribution in [2.45, 2.75) is 6.10 Å². The van der Waals surface area contributed by atoms with Crippen LogP contribution in [0.1, 0.15) is 11.7 Å². The van der Waals surface area contributed by atoms with Gasteiger partial charge in [-0.2, -0.15) is 0 Å². The molecule has 2 aromatic carbocycles. The van der Waals surface area contributed by atoms with Gasteiger partial charge in [0.1, 0.15) is 23.4 Å². The van der Waals surface area contributed by atoms with Gasteiger partial charge in [0.05, 0.1) is 18.7 Å². The molecular weight excluding hydrogens is 334 g/mol. The molecule has 0 radical (unpaired) electrons. The molecule has 0 spiro atoms. The molecule has 0 aliphatic heterocycles. The summed E-state index contributed by atoms with van der Waals surface area (Å²) in [4.78, 5) is 0. The fourth-order valence-corrected chi connectivity index (χ4v) is 2.40. The van der Waals surface area contributed by atoms with E-state index >= 15 is 0 Å². The van der Waals surface area contributed by atoms with E-state index in [4.69, 9.17) is 19.9 Å². The molecule has 2 N–H and O–H groups in total. The van der Waals surface area contributed by atoms with Crippen molar-refractivity contribution >= 4 is 15.9 Å². The van der Waals surface area contributed by atoms with E-state index in [9.17, 15) is 0 Å². The van der Waals surface area contributed by atoms with Gasteiger partial charge in [0.15, 0.2) is 0 Å². The summed E-state index contributed by atoms with van der Waals surface area (Å²) in [5, 5.41) is 0. The van der Waals surface area contributed by atoms with E-state index in [-0.39, 0.29) is 6.10 Å². The Morgan fingerprint density at radius 3 is 2.38 bits per heavy atom. The standard InChI is InChI=1S/C16H18BrNO3/c1-19-12-5-3-4-11(8-12)16(10-18)21-15-7-6-13(20-2)9-14(15)17/h3-9,16H,10,18H2,1-2H3. The van der Waals surface area contributed by atoms with Gasteiger partial charge in [0, 0.05) is 6.54 Å². The number of halogens is 1. The number of methoxy groups -OCH3 is 2. The number of nitrogens with two attached hydrogens (primary N) is 1. The molecular formula is C16H18BrNO3. The maximum atomic E-state index is 6.00. The van der Waals surface area contributed by atoms with Gasteiger partial charge in [-0.3, -0.25) is 0 Å². The molecule has 0 saturated heterocycles. The predicted molar refractivity (Wildman–Crippen MR) is 86.1 cm³/mol. The van der Waals surface area contributed by atoms with Crippen LogP contribution in [-0.2, 0) is 0 Å². The minimum Gasteiger partial charge on any atom is -0.497 e. The zero-order valence-electron chi connectivity index (χ0n) is 12.0. The van der Waals surface area contributed by atoms with Crippen molar-refractivity contribution < 1.29 is 14.2 Å². The van der Waals surface area contributed by atoms with Crippen molar-refractivity contribution in [1.29, 1.82) is 0 Å². The lowest BCUT2D eigenvalue weighted by Crippen LogP contribution is -2.18. The molecule has 112 valence electrons. The highest BCUT2D eigenvalue weighted by molar-refractivity contribution is 9.10. The first-order valence-electron chi connectivity index (χ1n) is 6.52. The fourth-order valence-electron chi connectivity index (χ4n) is 1.95.